The largest absolute Gasteiger partial charge is 0.326 e. The molecule has 126 valence electrons. The van der Waals surface area contributed by atoms with Gasteiger partial charge in [0.15, 0.2) is 0 Å². The zero-order valence-electron chi connectivity index (χ0n) is 12.4. The Labute approximate surface area is 149 Å². The van der Waals surface area contributed by atoms with Crippen LogP contribution in [0.25, 0.3) is 21.0 Å². The maximum Gasteiger partial charge on any atom is 0.326 e. The van der Waals surface area contributed by atoms with Crippen LogP contribution < -0.4 is 11.2 Å². The number of rotatable bonds is 2. The van der Waals surface area contributed by atoms with Crippen molar-refractivity contribution in [3.63, 3.8) is 0 Å². The van der Waals surface area contributed by atoms with Crippen LogP contribution in [0.5, 0.6) is 0 Å². The van der Waals surface area contributed by atoms with E-state index in [1.54, 1.807) is 12.1 Å². The number of fused-ring (bicyclic) bond motifs is 2. The molecule has 0 unspecified atom stereocenters. The summed E-state index contributed by atoms with van der Waals surface area (Å²) >= 11 is 7.52. The van der Waals surface area contributed by atoms with Crippen molar-refractivity contribution in [2.45, 2.75) is 9.79 Å². The predicted molar refractivity (Wildman–Crippen MR) is 97.5 cm³/mol. The van der Waals surface area contributed by atoms with Gasteiger partial charge in [-0.25, -0.2) is 13.2 Å². The summed E-state index contributed by atoms with van der Waals surface area (Å²) in [6.45, 7) is 0. The van der Waals surface area contributed by atoms with Gasteiger partial charge in [0.1, 0.15) is 0 Å². The fourth-order valence-corrected chi connectivity index (χ4v) is 5.14. The Morgan fingerprint density at radius 3 is 2.60 bits per heavy atom. The van der Waals surface area contributed by atoms with E-state index in [4.69, 9.17) is 11.6 Å². The minimum atomic E-state index is -3.96. The molecule has 0 fully saturated rings. The van der Waals surface area contributed by atoms with E-state index in [2.05, 4.69) is 4.98 Å². The SMILES string of the molecule is O=c1[nH]c(=O)c2c(Cl)ccc(S(=O)(=O)c3ccc4sccc4c3)c2[nH]1. The molecule has 0 spiro atoms. The second kappa shape index (κ2) is 5.55. The molecule has 2 aromatic heterocycles. The monoisotopic (exact) mass is 392 g/mol. The van der Waals surface area contributed by atoms with Crippen molar-refractivity contribution >= 4 is 53.8 Å². The lowest BCUT2D eigenvalue weighted by atomic mass is 10.2. The molecule has 2 N–H and O–H groups in total. The Morgan fingerprint density at radius 1 is 1.00 bits per heavy atom. The smallest absolute Gasteiger partial charge is 0.306 e. The lowest BCUT2D eigenvalue weighted by Crippen LogP contribution is -2.23. The first kappa shape index (κ1) is 16.1. The summed E-state index contributed by atoms with van der Waals surface area (Å²) in [4.78, 5) is 28.0. The number of H-pyrrole nitrogens is 2. The second-order valence-corrected chi connectivity index (χ2v) is 8.60. The van der Waals surface area contributed by atoms with Crippen molar-refractivity contribution in [3.8, 4) is 0 Å². The molecule has 6 nitrogen and oxygen atoms in total. The molecule has 4 rings (SSSR count). The Hall–Kier alpha value is -2.42. The first-order valence-electron chi connectivity index (χ1n) is 7.05. The predicted octanol–water partition coefficient (Wildman–Crippen LogP) is 2.92. The van der Waals surface area contributed by atoms with Gasteiger partial charge in [-0.1, -0.05) is 11.6 Å². The summed E-state index contributed by atoms with van der Waals surface area (Å²) < 4.78 is 27.1. The zero-order chi connectivity index (χ0) is 17.8. The van der Waals surface area contributed by atoms with Gasteiger partial charge in [-0.2, -0.15) is 0 Å². The van der Waals surface area contributed by atoms with Crippen LogP contribution in [0.2, 0.25) is 5.02 Å². The number of aromatic amines is 2. The van der Waals surface area contributed by atoms with E-state index < -0.39 is 21.1 Å². The number of sulfone groups is 1. The Kier molecular flexibility index (Phi) is 3.57. The molecule has 25 heavy (non-hydrogen) atoms. The van der Waals surface area contributed by atoms with Crippen molar-refractivity contribution in [3.05, 3.63) is 67.6 Å². The molecule has 2 aromatic carbocycles. The van der Waals surface area contributed by atoms with Gasteiger partial charge >= 0.3 is 5.69 Å². The number of benzene rings is 2. The second-order valence-electron chi connectivity index (χ2n) is 5.33. The molecule has 0 saturated carbocycles. The van der Waals surface area contributed by atoms with E-state index in [-0.39, 0.29) is 25.7 Å². The standard InChI is InChI=1S/C16H9ClN2O4S2/c17-10-2-4-12(14-13(10)15(20)19-16(21)18-14)25(22,23)9-1-3-11-8(7-9)5-6-24-11/h1-7H,(H2,18,19,20,21). The van der Waals surface area contributed by atoms with Crippen molar-refractivity contribution in [1.29, 1.82) is 0 Å². The highest BCUT2D eigenvalue weighted by atomic mass is 35.5. The molecule has 9 heteroatoms. The molecule has 0 bridgehead atoms. The van der Waals surface area contributed by atoms with Crippen molar-refractivity contribution in [1.82, 2.24) is 9.97 Å². The maximum atomic E-state index is 13.1. The van der Waals surface area contributed by atoms with E-state index in [9.17, 15) is 18.0 Å². The summed E-state index contributed by atoms with van der Waals surface area (Å²) in [5.41, 5.74) is -1.65. The first-order chi connectivity index (χ1) is 11.9. The third-order valence-electron chi connectivity index (χ3n) is 3.83. The third kappa shape index (κ3) is 2.50. The van der Waals surface area contributed by atoms with Crippen LogP contribution >= 0.6 is 22.9 Å². The molecule has 0 saturated heterocycles. The van der Waals surface area contributed by atoms with Crippen LogP contribution in [0.3, 0.4) is 0 Å². The van der Waals surface area contributed by atoms with Crippen LogP contribution in [-0.4, -0.2) is 18.4 Å². The van der Waals surface area contributed by atoms with Gasteiger partial charge in [0.05, 0.1) is 25.7 Å². The first-order valence-corrected chi connectivity index (χ1v) is 9.79. The highest BCUT2D eigenvalue weighted by molar-refractivity contribution is 7.91. The summed E-state index contributed by atoms with van der Waals surface area (Å²) in [6, 6.07) is 9.22. The van der Waals surface area contributed by atoms with Gasteiger partial charge in [0, 0.05) is 4.70 Å². The molecule has 0 atom stereocenters. The minimum absolute atomic E-state index is 0.0553. The number of hydrogen-bond acceptors (Lipinski definition) is 5. The molecular weight excluding hydrogens is 384 g/mol. The van der Waals surface area contributed by atoms with E-state index in [0.717, 1.165) is 10.1 Å². The van der Waals surface area contributed by atoms with Crippen LogP contribution in [-0.2, 0) is 9.84 Å². The third-order valence-corrected chi connectivity index (χ3v) is 6.84. The molecule has 2 heterocycles. The molecular formula is C16H9ClN2O4S2. The number of thiophene rings is 1. The summed E-state index contributed by atoms with van der Waals surface area (Å²) in [6.07, 6.45) is 0. The Bertz CT molecular complexity index is 1370. The topological polar surface area (TPSA) is 99.9 Å². The highest BCUT2D eigenvalue weighted by Gasteiger charge is 2.23. The average Bonchev–Trinajstić information content (AvgIpc) is 3.01. The van der Waals surface area contributed by atoms with E-state index in [0.29, 0.717) is 0 Å². The zero-order valence-corrected chi connectivity index (χ0v) is 14.8. The molecule has 4 aromatic rings. The Morgan fingerprint density at radius 2 is 1.80 bits per heavy atom. The number of halogens is 1. The quantitative estimate of drug-likeness (QED) is 0.547. The lowest BCUT2D eigenvalue weighted by molar-refractivity contribution is 0.597. The molecule has 0 aliphatic carbocycles. The number of nitrogens with one attached hydrogen (secondary N) is 2. The van der Waals surface area contributed by atoms with Gasteiger partial charge in [0.25, 0.3) is 5.56 Å². The van der Waals surface area contributed by atoms with Crippen molar-refractivity contribution in [2.75, 3.05) is 0 Å². The molecule has 0 aliphatic heterocycles. The van der Waals surface area contributed by atoms with Gasteiger partial charge in [-0.3, -0.25) is 9.78 Å². The van der Waals surface area contributed by atoms with E-state index in [1.807, 2.05) is 16.4 Å². The lowest BCUT2D eigenvalue weighted by Gasteiger charge is -2.09. The van der Waals surface area contributed by atoms with Crippen LogP contribution in [0.1, 0.15) is 0 Å². The molecule has 0 aliphatic rings. The fraction of sp³-hybridized carbons (Fsp3) is 0. The summed E-state index contributed by atoms with van der Waals surface area (Å²) in [7, 11) is -3.96. The van der Waals surface area contributed by atoms with Crippen molar-refractivity contribution < 1.29 is 8.42 Å². The van der Waals surface area contributed by atoms with Gasteiger partial charge in [-0.15, -0.1) is 11.3 Å². The van der Waals surface area contributed by atoms with Crippen molar-refractivity contribution in [2.24, 2.45) is 0 Å². The van der Waals surface area contributed by atoms with Gasteiger partial charge < -0.3 is 4.98 Å². The molecule has 0 radical (unpaired) electrons. The van der Waals surface area contributed by atoms with E-state index in [1.165, 1.54) is 29.5 Å². The number of hydrogen-bond donors (Lipinski definition) is 2. The fourth-order valence-electron chi connectivity index (χ4n) is 2.68. The van der Waals surface area contributed by atoms with Gasteiger partial charge in [-0.05, 0) is 47.2 Å². The van der Waals surface area contributed by atoms with Crippen LogP contribution in [0.15, 0.2) is 61.2 Å². The average molecular weight is 393 g/mol. The van der Waals surface area contributed by atoms with Crippen LogP contribution in [0.4, 0.5) is 0 Å². The number of aromatic nitrogens is 2. The molecule has 0 amide bonds. The van der Waals surface area contributed by atoms with Crippen LogP contribution in [0, 0.1) is 0 Å². The van der Waals surface area contributed by atoms with Gasteiger partial charge in [0.2, 0.25) is 9.84 Å². The highest BCUT2D eigenvalue weighted by Crippen LogP contribution is 2.31. The summed E-state index contributed by atoms with van der Waals surface area (Å²) in [5, 5.41) is 2.66. The maximum absolute atomic E-state index is 13.1. The summed E-state index contributed by atoms with van der Waals surface area (Å²) in [5.74, 6) is 0. The van der Waals surface area contributed by atoms with E-state index >= 15 is 0 Å². The minimum Gasteiger partial charge on any atom is -0.306 e. The Balaban J connectivity index is 2.07. The normalized spacial score (nSPS) is 12.0.